The van der Waals surface area contributed by atoms with Crippen LogP contribution < -0.4 is 11.0 Å². The number of carbonyl (C=O) groups is 1. The Bertz CT molecular complexity index is 1340. The molecule has 1 aliphatic heterocycles. The van der Waals surface area contributed by atoms with Crippen molar-refractivity contribution in [1.29, 1.82) is 0 Å². The van der Waals surface area contributed by atoms with E-state index in [4.69, 9.17) is 0 Å². The summed E-state index contributed by atoms with van der Waals surface area (Å²) >= 11 is 0. The molecule has 10 heteroatoms. The molecule has 1 N–H and O–H groups in total. The molecule has 32 heavy (non-hydrogen) atoms. The molecule has 0 atom stereocenters. The molecule has 1 aromatic heterocycles. The van der Waals surface area contributed by atoms with Crippen LogP contribution in [0.2, 0.25) is 0 Å². The number of hydrogen-bond donors (Lipinski definition) is 1. The molecule has 2 aromatic carbocycles. The van der Waals surface area contributed by atoms with Crippen LogP contribution in [0, 0.1) is 6.92 Å². The zero-order valence-electron chi connectivity index (χ0n) is 17.9. The summed E-state index contributed by atoms with van der Waals surface area (Å²) in [5, 5.41) is 0.459. The predicted octanol–water partition coefficient (Wildman–Crippen LogP) is 1.22. The number of fused-ring (bicyclic) bond motifs is 1. The largest absolute Gasteiger partial charge is 0.297 e. The van der Waals surface area contributed by atoms with Gasteiger partial charge >= 0.3 is 0 Å². The van der Waals surface area contributed by atoms with Gasteiger partial charge in [0.15, 0.2) is 9.84 Å². The second-order valence-electron chi connectivity index (χ2n) is 7.84. The number of sulfone groups is 1. The molecule has 0 bridgehead atoms. The zero-order chi connectivity index (χ0) is 22.9. The maximum atomic E-state index is 13.3. The highest BCUT2D eigenvalue weighted by atomic mass is 32.2. The smallest absolute Gasteiger partial charge is 0.274 e. The van der Waals surface area contributed by atoms with Crippen molar-refractivity contribution in [3.8, 4) is 5.69 Å². The predicted molar refractivity (Wildman–Crippen MR) is 120 cm³/mol. The number of hydroxylamine groups is 1. The van der Waals surface area contributed by atoms with Gasteiger partial charge in [0, 0.05) is 25.2 Å². The fraction of sp³-hybridized carbons (Fsp3) is 0.318. The van der Waals surface area contributed by atoms with E-state index < -0.39 is 15.7 Å². The van der Waals surface area contributed by atoms with Gasteiger partial charge in [0.1, 0.15) is 6.33 Å². The minimum atomic E-state index is -2.94. The van der Waals surface area contributed by atoms with E-state index >= 15 is 0 Å². The number of amides is 1. The van der Waals surface area contributed by atoms with E-state index in [0.29, 0.717) is 41.8 Å². The van der Waals surface area contributed by atoms with E-state index in [1.165, 1.54) is 18.0 Å². The second-order valence-corrected chi connectivity index (χ2v) is 10.1. The molecule has 1 fully saturated rings. The van der Waals surface area contributed by atoms with E-state index in [0.717, 1.165) is 11.1 Å². The average Bonchev–Trinajstić information content (AvgIpc) is 2.77. The van der Waals surface area contributed by atoms with Crippen LogP contribution in [0.15, 0.2) is 47.5 Å². The quantitative estimate of drug-likeness (QED) is 0.575. The van der Waals surface area contributed by atoms with Crippen molar-refractivity contribution >= 4 is 26.6 Å². The first-order chi connectivity index (χ1) is 15.3. The molecule has 168 valence electrons. The lowest BCUT2D eigenvalue weighted by atomic mass is 10.1. The Kier molecular flexibility index (Phi) is 6.09. The van der Waals surface area contributed by atoms with Crippen molar-refractivity contribution in [2.75, 3.05) is 31.7 Å². The van der Waals surface area contributed by atoms with E-state index in [1.54, 1.807) is 30.3 Å². The van der Waals surface area contributed by atoms with Gasteiger partial charge in [-0.15, -0.1) is 0 Å². The molecule has 1 amide bonds. The normalized spacial score (nSPS) is 16.2. The SMILES string of the molecule is CONC(=O)c1ccc(C)c(-n2cnc3ccc(CN4CCS(=O)(=O)CC4)cc3c2=O)c1. The molecule has 0 aliphatic carbocycles. The third-order valence-electron chi connectivity index (χ3n) is 5.59. The fourth-order valence-corrected chi connectivity index (χ4v) is 5.04. The molecule has 0 unspecified atom stereocenters. The molecular formula is C22H24N4O5S. The minimum absolute atomic E-state index is 0.154. The lowest BCUT2D eigenvalue weighted by Gasteiger charge is -2.26. The van der Waals surface area contributed by atoms with Crippen LogP contribution in [0.5, 0.6) is 0 Å². The Labute approximate surface area is 185 Å². The van der Waals surface area contributed by atoms with Crippen molar-refractivity contribution in [3.63, 3.8) is 0 Å². The van der Waals surface area contributed by atoms with Gasteiger partial charge < -0.3 is 0 Å². The summed E-state index contributed by atoms with van der Waals surface area (Å²) in [5.41, 5.74) is 5.24. The van der Waals surface area contributed by atoms with Gasteiger partial charge in [-0.3, -0.25) is 23.9 Å². The summed E-state index contributed by atoms with van der Waals surface area (Å²) in [5.74, 6) is -0.107. The summed E-state index contributed by atoms with van der Waals surface area (Å²) in [4.78, 5) is 36.6. The maximum Gasteiger partial charge on any atom is 0.274 e. The standard InChI is InChI=1S/C22H24N4O5S/c1-15-3-5-17(21(27)24-31-2)12-20(15)26-14-23-19-6-4-16(11-18(19)22(26)28)13-25-7-9-32(29,30)10-8-25/h3-6,11-12,14H,7-10,13H2,1-2H3,(H,24,27). The number of benzene rings is 2. The summed E-state index contributed by atoms with van der Waals surface area (Å²) < 4.78 is 24.7. The Morgan fingerprint density at radius 3 is 2.62 bits per heavy atom. The molecule has 1 saturated heterocycles. The van der Waals surface area contributed by atoms with Crippen molar-refractivity contribution in [2.45, 2.75) is 13.5 Å². The Hall–Kier alpha value is -3.08. The first-order valence-corrected chi connectivity index (χ1v) is 12.0. The highest BCUT2D eigenvalue weighted by Gasteiger charge is 2.21. The number of rotatable bonds is 5. The Morgan fingerprint density at radius 1 is 1.16 bits per heavy atom. The summed E-state index contributed by atoms with van der Waals surface area (Å²) in [6.07, 6.45) is 1.46. The number of hydrogen-bond acceptors (Lipinski definition) is 7. The van der Waals surface area contributed by atoms with Gasteiger partial charge in [0.2, 0.25) is 0 Å². The van der Waals surface area contributed by atoms with Crippen molar-refractivity contribution in [2.24, 2.45) is 0 Å². The number of aromatic nitrogens is 2. The molecular weight excluding hydrogens is 432 g/mol. The molecule has 2 heterocycles. The maximum absolute atomic E-state index is 13.3. The van der Waals surface area contributed by atoms with Gasteiger partial charge in [-0.2, -0.15) is 0 Å². The van der Waals surface area contributed by atoms with Crippen molar-refractivity contribution in [3.05, 3.63) is 69.8 Å². The zero-order valence-corrected chi connectivity index (χ0v) is 18.7. The third-order valence-corrected chi connectivity index (χ3v) is 7.20. The van der Waals surface area contributed by atoms with Gasteiger partial charge in [-0.25, -0.2) is 18.9 Å². The highest BCUT2D eigenvalue weighted by Crippen LogP contribution is 2.18. The van der Waals surface area contributed by atoms with E-state index in [2.05, 4.69) is 20.2 Å². The van der Waals surface area contributed by atoms with Crippen LogP contribution in [-0.4, -0.2) is 60.5 Å². The Balaban J connectivity index is 1.69. The Morgan fingerprint density at radius 2 is 1.91 bits per heavy atom. The number of nitrogens with one attached hydrogen (secondary N) is 1. The first-order valence-electron chi connectivity index (χ1n) is 10.1. The topological polar surface area (TPSA) is 111 Å². The monoisotopic (exact) mass is 456 g/mol. The van der Waals surface area contributed by atoms with Crippen LogP contribution in [0.1, 0.15) is 21.5 Å². The molecule has 0 spiro atoms. The lowest BCUT2D eigenvalue weighted by Crippen LogP contribution is -2.39. The van der Waals surface area contributed by atoms with Gasteiger partial charge in [0.25, 0.3) is 11.5 Å². The van der Waals surface area contributed by atoms with E-state index in [9.17, 15) is 18.0 Å². The molecule has 0 radical (unpaired) electrons. The van der Waals surface area contributed by atoms with Crippen LogP contribution in [0.4, 0.5) is 0 Å². The number of carbonyl (C=O) groups excluding carboxylic acids is 1. The third kappa shape index (κ3) is 4.57. The van der Waals surface area contributed by atoms with E-state index in [-0.39, 0.29) is 17.1 Å². The minimum Gasteiger partial charge on any atom is -0.297 e. The van der Waals surface area contributed by atoms with Gasteiger partial charge in [-0.1, -0.05) is 12.1 Å². The lowest BCUT2D eigenvalue weighted by molar-refractivity contribution is 0.0537. The number of aryl methyl sites for hydroxylation is 1. The fourth-order valence-electron chi connectivity index (χ4n) is 3.77. The average molecular weight is 457 g/mol. The first kappa shape index (κ1) is 22.1. The van der Waals surface area contributed by atoms with Crippen LogP contribution in [0.25, 0.3) is 16.6 Å². The molecule has 0 saturated carbocycles. The van der Waals surface area contributed by atoms with Gasteiger partial charge in [-0.05, 0) is 42.3 Å². The highest BCUT2D eigenvalue weighted by molar-refractivity contribution is 7.91. The van der Waals surface area contributed by atoms with Crippen molar-refractivity contribution < 1.29 is 18.0 Å². The summed E-state index contributed by atoms with van der Waals surface area (Å²) in [6, 6.07) is 10.5. The number of nitrogens with zero attached hydrogens (tertiary/aromatic N) is 3. The van der Waals surface area contributed by atoms with Gasteiger partial charge in [0.05, 0.1) is 35.2 Å². The van der Waals surface area contributed by atoms with Crippen molar-refractivity contribution in [1.82, 2.24) is 19.9 Å². The van der Waals surface area contributed by atoms with Crippen LogP contribution in [-0.2, 0) is 21.2 Å². The molecule has 1 aliphatic rings. The summed E-state index contributed by atoms with van der Waals surface area (Å²) in [7, 11) is -1.59. The molecule has 4 rings (SSSR count). The molecule has 9 nitrogen and oxygen atoms in total. The van der Waals surface area contributed by atoms with Crippen LogP contribution >= 0.6 is 0 Å². The second kappa shape index (κ2) is 8.81. The summed E-state index contributed by atoms with van der Waals surface area (Å²) in [6.45, 7) is 3.37. The van der Waals surface area contributed by atoms with Crippen LogP contribution in [0.3, 0.4) is 0 Å². The van der Waals surface area contributed by atoms with E-state index in [1.807, 2.05) is 13.0 Å². The molecule has 3 aromatic rings.